The maximum atomic E-state index is 11.9. The van der Waals surface area contributed by atoms with E-state index in [0.717, 1.165) is 45.0 Å². The Morgan fingerprint density at radius 3 is 2.74 bits per heavy atom. The molecule has 39 heavy (non-hydrogen) atoms. The lowest BCUT2D eigenvalue weighted by Gasteiger charge is -2.20. The Kier molecular flexibility index (Phi) is 7.05. The molecule has 0 aliphatic rings. The predicted molar refractivity (Wildman–Crippen MR) is 154 cm³/mol. The van der Waals surface area contributed by atoms with Crippen molar-refractivity contribution in [2.75, 3.05) is 12.4 Å². The number of nitrogens with one attached hydrogen (secondary N) is 1. The van der Waals surface area contributed by atoms with Crippen LogP contribution >= 0.6 is 0 Å². The number of amides is 1. The van der Waals surface area contributed by atoms with Gasteiger partial charge in [0.15, 0.2) is 5.82 Å². The zero-order valence-corrected chi connectivity index (χ0v) is 22.3. The summed E-state index contributed by atoms with van der Waals surface area (Å²) in [4.78, 5) is 31.4. The largest absolute Gasteiger partial charge is 0.457 e. The fourth-order valence-electron chi connectivity index (χ4n) is 4.14. The molecule has 9 heteroatoms. The summed E-state index contributed by atoms with van der Waals surface area (Å²) in [7, 11) is 3.70. The fourth-order valence-corrected chi connectivity index (χ4v) is 4.14. The Morgan fingerprint density at radius 1 is 1.10 bits per heavy atom. The number of nitrogens with zero attached hydrogens (tertiary/aromatic N) is 6. The first kappa shape index (κ1) is 25.6. The molecule has 0 saturated carbocycles. The highest BCUT2D eigenvalue weighted by Crippen LogP contribution is 2.30. The van der Waals surface area contributed by atoms with Crippen LogP contribution in [0, 0.1) is 6.92 Å². The van der Waals surface area contributed by atoms with Gasteiger partial charge >= 0.3 is 0 Å². The fraction of sp³-hybridized carbons (Fsp3) is 0.167. The Balaban J connectivity index is 1.35. The summed E-state index contributed by atoms with van der Waals surface area (Å²) in [6.45, 7) is 7.47. The van der Waals surface area contributed by atoms with E-state index in [0.29, 0.717) is 11.3 Å². The van der Waals surface area contributed by atoms with Gasteiger partial charge in [0.05, 0.1) is 28.6 Å². The number of aromatic nitrogens is 5. The number of hydrogen-bond donors (Lipinski definition) is 1. The van der Waals surface area contributed by atoms with E-state index in [9.17, 15) is 4.79 Å². The Bertz CT molecular complexity index is 1720. The molecular formula is C30H29N7O2. The molecule has 3 heterocycles. The van der Waals surface area contributed by atoms with Crippen LogP contribution in [0.25, 0.3) is 28.1 Å². The van der Waals surface area contributed by atoms with Crippen molar-refractivity contribution in [3.8, 4) is 11.5 Å². The number of fused-ring (bicyclic) bond motifs is 2. The molecule has 0 unspecified atom stereocenters. The van der Waals surface area contributed by atoms with Gasteiger partial charge in [0.25, 0.3) is 0 Å². The average molecular weight is 520 g/mol. The number of benzene rings is 2. The van der Waals surface area contributed by atoms with Crippen molar-refractivity contribution in [1.29, 1.82) is 0 Å². The Hall–Kier alpha value is -5.05. The molecule has 5 aromatic rings. The van der Waals surface area contributed by atoms with Gasteiger partial charge in [-0.2, -0.15) is 0 Å². The number of carbonyl (C=O) groups excluding carboxylic acids is 1. The van der Waals surface area contributed by atoms with Crippen LogP contribution in [-0.4, -0.2) is 48.4 Å². The second-order valence-corrected chi connectivity index (χ2v) is 9.29. The van der Waals surface area contributed by atoms with Crippen molar-refractivity contribution in [3.05, 3.63) is 91.2 Å². The second kappa shape index (κ2) is 10.7. The summed E-state index contributed by atoms with van der Waals surface area (Å²) in [5.41, 5.74) is 5.84. The molecule has 5 rings (SSSR count). The van der Waals surface area contributed by atoms with Gasteiger partial charge in [-0.25, -0.2) is 19.9 Å². The number of carbonyl (C=O) groups is 1. The summed E-state index contributed by atoms with van der Waals surface area (Å²) >= 11 is 0. The molecule has 1 atom stereocenters. The molecule has 2 aromatic carbocycles. The molecule has 1 amide bonds. The maximum Gasteiger partial charge on any atom is 0.246 e. The number of aryl methyl sites for hydroxylation is 2. The van der Waals surface area contributed by atoms with E-state index >= 15 is 0 Å². The van der Waals surface area contributed by atoms with Gasteiger partial charge in [-0.1, -0.05) is 12.7 Å². The zero-order chi connectivity index (χ0) is 27.5. The highest BCUT2D eigenvalue weighted by atomic mass is 16.5. The number of likely N-dealkylation sites (N-methyl/N-ethyl adjacent to an activating group) is 1. The maximum absolute atomic E-state index is 11.9. The first-order chi connectivity index (χ1) is 18.8. The minimum absolute atomic E-state index is 0.118. The van der Waals surface area contributed by atoms with Crippen LogP contribution < -0.4 is 10.1 Å². The van der Waals surface area contributed by atoms with Crippen LogP contribution in [0.3, 0.4) is 0 Å². The molecular weight excluding hydrogens is 490 g/mol. The third kappa shape index (κ3) is 5.47. The highest BCUT2D eigenvalue weighted by molar-refractivity contribution is 5.88. The Labute approximate surface area is 226 Å². The van der Waals surface area contributed by atoms with Crippen molar-refractivity contribution in [3.63, 3.8) is 0 Å². The minimum Gasteiger partial charge on any atom is -0.457 e. The van der Waals surface area contributed by atoms with E-state index < -0.39 is 0 Å². The van der Waals surface area contributed by atoms with Gasteiger partial charge in [-0.3, -0.25) is 4.79 Å². The number of pyridine rings is 1. The molecule has 3 aromatic heterocycles. The molecule has 0 spiro atoms. The highest BCUT2D eigenvalue weighted by Gasteiger charge is 2.11. The SMILES string of the molecule is C=CC(=O)N(C)[C@@H](C)/C=C/c1ccc2ncnc(Nc3ccc(Oc4ccc5c(c4)ncn5C)c(C)c3)c2n1. The molecule has 0 bridgehead atoms. The van der Waals surface area contributed by atoms with Crippen molar-refractivity contribution >= 4 is 45.6 Å². The number of hydrogen-bond acceptors (Lipinski definition) is 7. The summed E-state index contributed by atoms with van der Waals surface area (Å²) in [5.74, 6) is 1.93. The Morgan fingerprint density at radius 2 is 1.95 bits per heavy atom. The molecule has 9 nitrogen and oxygen atoms in total. The normalized spacial score (nSPS) is 12.1. The third-order valence-electron chi connectivity index (χ3n) is 6.54. The zero-order valence-electron chi connectivity index (χ0n) is 22.3. The predicted octanol–water partition coefficient (Wildman–Crippen LogP) is 5.80. The second-order valence-electron chi connectivity index (χ2n) is 9.29. The smallest absolute Gasteiger partial charge is 0.246 e. The first-order valence-corrected chi connectivity index (χ1v) is 12.5. The van der Waals surface area contributed by atoms with E-state index in [2.05, 4.69) is 26.8 Å². The van der Waals surface area contributed by atoms with E-state index in [1.807, 2.05) is 86.1 Å². The summed E-state index contributed by atoms with van der Waals surface area (Å²) in [5, 5.41) is 3.37. The molecule has 0 radical (unpaired) electrons. The molecule has 1 N–H and O–H groups in total. The summed E-state index contributed by atoms with van der Waals surface area (Å²) in [6.07, 6.45) is 8.40. The van der Waals surface area contributed by atoms with Gasteiger partial charge in [-0.05, 0) is 74.0 Å². The topological polar surface area (TPSA) is 98.1 Å². The minimum atomic E-state index is -0.139. The number of imidazole rings is 1. The summed E-state index contributed by atoms with van der Waals surface area (Å²) < 4.78 is 8.12. The van der Waals surface area contributed by atoms with Gasteiger partial charge < -0.3 is 19.5 Å². The van der Waals surface area contributed by atoms with Crippen LogP contribution in [0.1, 0.15) is 18.2 Å². The van der Waals surface area contributed by atoms with Crippen molar-refractivity contribution in [1.82, 2.24) is 29.4 Å². The lowest BCUT2D eigenvalue weighted by atomic mass is 10.2. The van der Waals surface area contributed by atoms with Gasteiger partial charge in [0, 0.05) is 31.9 Å². The lowest BCUT2D eigenvalue weighted by Crippen LogP contribution is -2.32. The van der Waals surface area contributed by atoms with Crippen LogP contribution in [-0.2, 0) is 11.8 Å². The van der Waals surface area contributed by atoms with Gasteiger partial charge in [-0.15, -0.1) is 0 Å². The first-order valence-electron chi connectivity index (χ1n) is 12.5. The lowest BCUT2D eigenvalue weighted by molar-refractivity contribution is -0.125. The van der Waals surface area contributed by atoms with E-state index in [4.69, 9.17) is 9.72 Å². The van der Waals surface area contributed by atoms with Crippen LogP contribution in [0.4, 0.5) is 11.5 Å². The summed E-state index contributed by atoms with van der Waals surface area (Å²) in [6, 6.07) is 15.4. The molecule has 0 fully saturated rings. The third-order valence-corrected chi connectivity index (χ3v) is 6.54. The van der Waals surface area contributed by atoms with Crippen LogP contribution in [0.2, 0.25) is 0 Å². The molecule has 0 saturated heterocycles. The van der Waals surface area contributed by atoms with Crippen molar-refractivity contribution in [2.45, 2.75) is 19.9 Å². The van der Waals surface area contributed by atoms with E-state index in [1.165, 1.54) is 12.4 Å². The van der Waals surface area contributed by atoms with Crippen LogP contribution in [0.15, 0.2) is 79.9 Å². The molecule has 0 aliphatic heterocycles. The van der Waals surface area contributed by atoms with Gasteiger partial charge in [0.2, 0.25) is 5.91 Å². The van der Waals surface area contributed by atoms with Crippen molar-refractivity contribution < 1.29 is 9.53 Å². The molecule has 0 aliphatic carbocycles. The molecule has 196 valence electrons. The number of ether oxygens (including phenoxy) is 1. The standard InChI is InChI=1S/C30H29N7O2/c1-6-28(38)37(5)20(3)7-8-21-9-12-24-29(34-21)30(32-17-31-24)35-22-10-14-27(19(2)15-22)39-23-11-13-26-25(16-23)33-18-36(26)4/h6-18,20H,1H2,2-5H3,(H,31,32,35)/b8-7+/t20-/m0/s1. The van der Waals surface area contributed by atoms with E-state index in [-0.39, 0.29) is 11.9 Å². The average Bonchev–Trinajstić information content (AvgIpc) is 3.32. The van der Waals surface area contributed by atoms with E-state index in [1.54, 1.807) is 18.3 Å². The number of rotatable bonds is 8. The van der Waals surface area contributed by atoms with Crippen LogP contribution in [0.5, 0.6) is 11.5 Å². The quantitative estimate of drug-likeness (QED) is 0.259. The van der Waals surface area contributed by atoms with Gasteiger partial charge in [0.1, 0.15) is 23.3 Å². The van der Waals surface area contributed by atoms with Crippen molar-refractivity contribution in [2.24, 2.45) is 7.05 Å². The number of anilines is 2. The monoisotopic (exact) mass is 519 g/mol.